The Morgan fingerprint density at radius 1 is 1.58 bits per heavy atom. The van der Waals surface area contributed by atoms with E-state index in [-0.39, 0.29) is 12.2 Å². The van der Waals surface area contributed by atoms with Gasteiger partial charge in [-0.1, -0.05) is 0 Å². The van der Waals surface area contributed by atoms with E-state index in [1.807, 2.05) is 0 Å². The molecule has 0 aliphatic heterocycles. The lowest BCUT2D eigenvalue weighted by atomic mass is 10.0. The number of benzene rings is 1. The Bertz CT molecular complexity index is 496. The first-order valence-electron chi connectivity index (χ1n) is 5.38. The number of ether oxygens (including phenoxy) is 1. The Kier molecular flexibility index (Phi) is 4.87. The van der Waals surface area contributed by atoms with Gasteiger partial charge in [-0.2, -0.15) is 0 Å². The Morgan fingerprint density at radius 3 is 2.74 bits per heavy atom. The van der Waals surface area contributed by atoms with Crippen molar-refractivity contribution >= 4 is 11.7 Å². The van der Waals surface area contributed by atoms with Crippen molar-refractivity contribution in [2.45, 2.75) is 19.1 Å². The molecule has 0 radical (unpaired) electrons. The van der Waals surface area contributed by atoms with E-state index in [2.05, 4.69) is 4.74 Å². The number of carbonyl (C=O) groups is 1. The van der Waals surface area contributed by atoms with E-state index >= 15 is 0 Å². The minimum absolute atomic E-state index is 0.0442. The SMILES string of the molecule is CCOC(=O)C(F)[C@H](N)c1ccc(F)cc1[N+](=O)[O-]. The fourth-order valence-electron chi connectivity index (χ4n) is 1.48. The Labute approximate surface area is 107 Å². The van der Waals surface area contributed by atoms with Crippen LogP contribution in [0.25, 0.3) is 0 Å². The largest absolute Gasteiger partial charge is 0.464 e. The van der Waals surface area contributed by atoms with Gasteiger partial charge in [-0.3, -0.25) is 10.1 Å². The topological polar surface area (TPSA) is 95.5 Å². The summed E-state index contributed by atoms with van der Waals surface area (Å²) in [5.41, 5.74) is 4.50. The second-order valence-corrected chi connectivity index (χ2v) is 3.64. The third-order valence-corrected chi connectivity index (χ3v) is 2.38. The van der Waals surface area contributed by atoms with Gasteiger partial charge in [0.05, 0.1) is 29.2 Å². The van der Waals surface area contributed by atoms with Crippen LogP contribution in [0, 0.1) is 15.9 Å². The quantitative estimate of drug-likeness (QED) is 0.500. The number of rotatable bonds is 5. The summed E-state index contributed by atoms with van der Waals surface area (Å²) in [7, 11) is 0. The number of hydrogen-bond acceptors (Lipinski definition) is 5. The van der Waals surface area contributed by atoms with Crippen LogP contribution in [0.2, 0.25) is 0 Å². The number of alkyl halides is 1. The molecule has 0 aliphatic carbocycles. The minimum atomic E-state index is -2.26. The van der Waals surface area contributed by atoms with Crippen molar-refractivity contribution in [3.8, 4) is 0 Å². The molecule has 1 aromatic carbocycles. The first-order valence-corrected chi connectivity index (χ1v) is 5.38. The molecule has 0 bridgehead atoms. The molecule has 1 rings (SSSR count). The molecule has 6 nitrogen and oxygen atoms in total. The van der Waals surface area contributed by atoms with E-state index in [4.69, 9.17) is 5.73 Å². The van der Waals surface area contributed by atoms with Gasteiger partial charge in [-0.15, -0.1) is 0 Å². The molecule has 2 atom stereocenters. The third kappa shape index (κ3) is 3.44. The summed E-state index contributed by atoms with van der Waals surface area (Å²) >= 11 is 0. The second kappa shape index (κ2) is 6.19. The van der Waals surface area contributed by atoms with Crippen LogP contribution in [0.1, 0.15) is 18.5 Å². The van der Waals surface area contributed by atoms with Gasteiger partial charge in [0.25, 0.3) is 5.69 Å². The maximum Gasteiger partial charge on any atom is 0.342 e. The van der Waals surface area contributed by atoms with E-state index in [1.54, 1.807) is 0 Å². The molecule has 1 unspecified atom stereocenters. The van der Waals surface area contributed by atoms with Gasteiger partial charge in [0.2, 0.25) is 6.17 Å². The molecule has 0 saturated carbocycles. The number of hydrogen-bond donors (Lipinski definition) is 1. The van der Waals surface area contributed by atoms with Gasteiger partial charge in [0.1, 0.15) is 5.82 Å². The Morgan fingerprint density at radius 2 is 2.21 bits per heavy atom. The summed E-state index contributed by atoms with van der Waals surface area (Å²) in [5, 5.41) is 10.7. The maximum atomic E-state index is 13.7. The summed E-state index contributed by atoms with van der Waals surface area (Å²) in [6, 6.07) is 0.900. The number of nitro groups is 1. The third-order valence-electron chi connectivity index (χ3n) is 2.38. The second-order valence-electron chi connectivity index (χ2n) is 3.64. The first kappa shape index (κ1) is 15.0. The number of nitrogens with zero attached hydrogens (tertiary/aromatic N) is 1. The lowest BCUT2D eigenvalue weighted by Gasteiger charge is -2.15. The summed E-state index contributed by atoms with van der Waals surface area (Å²) < 4.78 is 31.0. The highest BCUT2D eigenvalue weighted by molar-refractivity contribution is 5.76. The predicted octanol–water partition coefficient (Wildman–Crippen LogP) is 1.63. The fourth-order valence-corrected chi connectivity index (χ4v) is 1.48. The molecule has 0 fully saturated rings. The van der Waals surface area contributed by atoms with Gasteiger partial charge in [0.15, 0.2) is 0 Å². The predicted molar refractivity (Wildman–Crippen MR) is 61.5 cm³/mol. The maximum absolute atomic E-state index is 13.7. The molecule has 1 aromatic rings. The molecule has 0 aromatic heterocycles. The molecule has 19 heavy (non-hydrogen) atoms. The standard InChI is InChI=1S/C11H12F2N2O4/c1-2-19-11(16)9(13)10(14)7-4-3-6(12)5-8(7)15(17)18/h3-5,9-10H,2,14H2,1H3/t9?,10-/m1/s1. The molecule has 0 spiro atoms. The summed E-state index contributed by atoms with van der Waals surface area (Å²) in [5.74, 6) is -2.07. The summed E-state index contributed by atoms with van der Waals surface area (Å²) in [4.78, 5) is 21.0. The Hall–Kier alpha value is -2.09. The molecule has 2 N–H and O–H groups in total. The van der Waals surface area contributed by atoms with Gasteiger partial charge in [-0.25, -0.2) is 13.6 Å². The molecule has 0 heterocycles. The van der Waals surface area contributed by atoms with Crippen molar-refractivity contribution in [1.29, 1.82) is 0 Å². The monoisotopic (exact) mass is 274 g/mol. The average molecular weight is 274 g/mol. The average Bonchev–Trinajstić information content (AvgIpc) is 2.37. The van der Waals surface area contributed by atoms with Crippen LogP contribution in [-0.2, 0) is 9.53 Å². The smallest absolute Gasteiger partial charge is 0.342 e. The molecule has 8 heteroatoms. The van der Waals surface area contributed by atoms with Crippen molar-refractivity contribution in [2.75, 3.05) is 6.61 Å². The molecule has 0 aliphatic rings. The van der Waals surface area contributed by atoms with Gasteiger partial charge >= 0.3 is 5.97 Å². The lowest BCUT2D eigenvalue weighted by molar-refractivity contribution is -0.386. The number of nitrogens with two attached hydrogens (primary N) is 1. The number of halogens is 2. The number of esters is 1. The van der Waals surface area contributed by atoms with Crippen LogP contribution < -0.4 is 5.73 Å². The van der Waals surface area contributed by atoms with Crippen molar-refractivity contribution in [3.05, 3.63) is 39.7 Å². The molecular weight excluding hydrogens is 262 g/mol. The van der Waals surface area contributed by atoms with Crippen LogP contribution in [0.5, 0.6) is 0 Å². The van der Waals surface area contributed by atoms with Crippen molar-refractivity contribution in [2.24, 2.45) is 5.73 Å². The van der Waals surface area contributed by atoms with E-state index in [0.717, 1.165) is 12.1 Å². The van der Waals surface area contributed by atoms with Crippen molar-refractivity contribution < 1.29 is 23.2 Å². The van der Waals surface area contributed by atoms with E-state index in [1.165, 1.54) is 6.92 Å². The molecule has 0 amide bonds. The zero-order valence-corrected chi connectivity index (χ0v) is 10.0. The highest BCUT2D eigenvalue weighted by atomic mass is 19.1. The molecule has 0 saturated heterocycles. The fraction of sp³-hybridized carbons (Fsp3) is 0.364. The lowest BCUT2D eigenvalue weighted by Crippen LogP contribution is -2.32. The summed E-state index contributed by atoms with van der Waals surface area (Å²) in [6.07, 6.45) is -2.26. The van der Waals surface area contributed by atoms with Crippen LogP contribution in [-0.4, -0.2) is 23.7 Å². The first-order chi connectivity index (χ1) is 8.88. The zero-order valence-electron chi connectivity index (χ0n) is 10.0. The van der Waals surface area contributed by atoms with Crippen LogP contribution in [0.15, 0.2) is 18.2 Å². The van der Waals surface area contributed by atoms with Crippen LogP contribution >= 0.6 is 0 Å². The van der Waals surface area contributed by atoms with Crippen molar-refractivity contribution in [3.63, 3.8) is 0 Å². The highest BCUT2D eigenvalue weighted by Gasteiger charge is 2.32. The van der Waals surface area contributed by atoms with E-state index in [0.29, 0.717) is 6.07 Å². The Balaban J connectivity index is 3.08. The van der Waals surface area contributed by atoms with E-state index < -0.39 is 34.6 Å². The van der Waals surface area contributed by atoms with Gasteiger partial charge in [0, 0.05) is 0 Å². The number of carbonyl (C=O) groups excluding carboxylic acids is 1. The zero-order chi connectivity index (χ0) is 14.6. The van der Waals surface area contributed by atoms with Crippen LogP contribution in [0.3, 0.4) is 0 Å². The van der Waals surface area contributed by atoms with Crippen molar-refractivity contribution in [1.82, 2.24) is 0 Å². The molecular formula is C11H12F2N2O4. The molecule has 104 valence electrons. The number of nitro benzene ring substituents is 1. The minimum Gasteiger partial charge on any atom is -0.464 e. The van der Waals surface area contributed by atoms with Gasteiger partial charge < -0.3 is 10.5 Å². The van der Waals surface area contributed by atoms with E-state index in [9.17, 15) is 23.7 Å². The highest BCUT2D eigenvalue weighted by Crippen LogP contribution is 2.28. The van der Waals surface area contributed by atoms with Gasteiger partial charge in [-0.05, 0) is 19.1 Å². The normalized spacial score (nSPS) is 13.7. The summed E-state index contributed by atoms with van der Waals surface area (Å²) in [6.45, 7) is 1.44. The van der Waals surface area contributed by atoms with Crippen LogP contribution in [0.4, 0.5) is 14.5 Å².